The maximum atomic E-state index is 13.4. The molecule has 0 saturated carbocycles. The molecular formula is C28H33F3N4O4. The van der Waals surface area contributed by atoms with Crippen LogP contribution < -0.4 is 10.1 Å². The minimum absolute atomic E-state index is 0.0297. The van der Waals surface area contributed by atoms with Gasteiger partial charge in [0, 0.05) is 31.9 Å². The Morgan fingerprint density at radius 1 is 1.15 bits per heavy atom. The molecule has 0 spiro atoms. The third-order valence-electron chi connectivity index (χ3n) is 7.06. The molecule has 0 bridgehead atoms. The number of aliphatic hydroxyl groups excluding tert-OH is 1. The summed E-state index contributed by atoms with van der Waals surface area (Å²) < 4.78 is 46.3. The number of pyridine rings is 1. The first-order chi connectivity index (χ1) is 18.6. The Hall–Kier alpha value is -3.60. The summed E-state index contributed by atoms with van der Waals surface area (Å²) in [6.45, 7) is 0.577. The van der Waals surface area contributed by atoms with Crippen LogP contribution in [0.3, 0.4) is 0 Å². The first-order valence-corrected chi connectivity index (χ1v) is 13.1. The maximum absolute atomic E-state index is 13.4. The van der Waals surface area contributed by atoms with E-state index in [0.717, 1.165) is 23.2 Å². The number of nitrogens with one attached hydrogen (secondary N) is 1. The first-order valence-electron chi connectivity index (χ1n) is 13.1. The lowest BCUT2D eigenvalue weighted by Crippen LogP contribution is -2.47. The summed E-state index contributed by atoms with van der Waals surface area (Å²) in [6.07, 6.45) is -1.68. The number of hydrogen-bond acceptors (Lipinski definition) is 5. The summed E-state index contributed by atoms with van der Waals surface area (Å²) in [5, 5.41) is 12.3. The van der Waals surface area contributed by atoms with E-state index < -0.39 is 25.3 Å². The number of halogens is 3. The molecule has 210 valence electrons. The van der Waals surface area contributed by atoms with Crippen molar-refractivity contribution in [2.24, 2.45) is 7.05 Å². The molecule has 1 saturated heterocycles. The normalized spacial score (nSPS) is 14.6. The topological polar surface area (TPSA) is 96.7 Å². The Morgan fingerprint density at radius 3 is 2.46 bits per heavy atom. The molecule has 8 nitrogen and oxygen atoms in total. The van der Waals surface area contributed by atoms with Crippen molar-refractivity contribution >= 4 is 22.8 Å². The molecular weight excluding hydrogens is 513 g/mol. The van der Waals surface area contributed by atoms with Crippen LogP contribution in [0.15, 0.2) is 36.4 Å². The fraction of sp³-hybridized carbons (Fsp3) is 0.464. The predicted molar refractivity (Wildman–Crippen MR) is 140 cm³/mol. The molecule has 0 atom stereocenters. The van der Waals surface area contributed by atoms with Gasteiger partial charge in [-0.05, 0) is 49.3 Å². The number of hydrogen-bond donors (Lipinski definition) is 2. The van der Waals surface area contributed by atoms with E-state index in [0.29, 0.717) is 49.8 Å². The van der Waals surface area contributed by atoms with Gasteiger partial charge < -0.3 is 24.6 Å². The van der Waals surface area contributed by atoms with Gasteiger partial charge in [0.15, 0.2) is 18.1 Å². The van der Waals surface area contributed by atoms with Crippen LogP contribution in [0.2, 0.25) is 0 Å². The quantitative estimate of drug-likeness (QED) is 0.428. The van der Waals surface area contributed by atoms with Gasteiger partial charge in [0.2, 0.25) is 5.91 Å². The number of alkyl halides is 3. The number of nitrogens with zero attached hydrogens (tertiary/aromatic N) is 3. The highest BCUT2D eigenvalue weighted by molar-refractivity contribution is 6.03. The molecule has 1 aliphatic heterocycles. The average Bonchev–Trinajstić information content (AvgIpc) is 3.20. The van der Waals surface area contributed by atoms with Crippen LogP contribution in [0.5, 0.6) is 5.75 Å². The number of carbonyl (C=O) groups excluding carboxylic acids is 2. The van der Waals surface area contributed by atoms with Crippen molar-refractivity contribution in [3.05, 3.63) is 58.9 Å². The van der Waals surface area contributed by atoms with Gasteiger partial charge in [-0.25, -0.2) is 4.98 Å². The number of ether oxygens (including phenoxy) is 1. The van der Waals surface area contributed by atoms with E-state index in [1.54, 1.807) is 13.1 Å². The number of carbonyl (C=O) groups is 2. The minimum atomic E-state index is -4.59. The Kier molecular flexibility index (Phi) is 8.79. The van der Waals surface area contributed by atoms with Gasteiger partial charge in [0.1, 0.15) is 12.3 Å². The molecule has 0 unspecified atom stereocenters. The van der Waals surface area contributed by atoms with Gasteiger partial charge in [-0.2, -0.15) is 13.2 Å². The van der Waals surface area contributed by atoms with Crippen molar-refractivity contribution in [1.82, 2.24) is 19.8 Å². The predicted octanol–water partition coefficient (Wildman–Crippen LogP) is 3.58. The van der Waals surface area contributed by atoms with Gasteiger partial charge in [0.05, 0.1) is 5.39 Å². The summed E-state index contributed by atoms with van der Waals surface area (Å²) in [6, 6.07) is 11.4. The number of rotatable bonds is 9. The third kappa shape index (κ3) is 6.70. The van der Waals surface area contributed by atoms with Gasteiger partial charge in [-0.1, -0.05) is 37.3 Å². The fourth-order valence-electron chi connectivity index (χ4n) is 5.02. The average molecular weight is 547 g/mol. The summed E-state index contributed by atoms with van der Waals surface area (Å²) in [5.41, 5.74) is 3.19. The van der Waals surface area contributed by atoms with E-state index >= 15 is 0 Å². The molecule has 2 aromatic heterocycles. The summed E-state index contributed by atoms with van der Waals surface area (Å²) >= 11 is 0. The SMILES string of the molecule is CCc1nc2c(cc1CCc1ccccc1)c(OCC(F)(F)F)c(C(=O)NC1CCN(C(=O)CO)CC1)n2C. The van der Waals surface area contributed by atoms with Crippen molar-refractivity contribution in [2.75, 3.05) is 26.3 Å². The van der Waals surface area contributed by atoms with E-state index in [1.165, 1.54) is 9.47 Å². The zero-order chi connectivity index (χ0) is 28.2. The number of benzene rings is 1. The Bertz CT molecular complexity index is 1320. The highest BCUT2D eigenvalue weighted by atomic mass is 19.4. The number of aromatic nitrogens is 2. The molecule has 2 amide bonds. The van der Waals surface area contributed by atoms with Crippen molar-refractivity contribution in [3.8, 4) is 5.75 Å². The second kappa shape index (κ2) is 12.1. The Labute approximate surface area is 224 Å². The van der Waals surface area contributed by atoms with Gasteiger partial charge in [-0.3, -0.25) is 9.59 Å². The third-order valence-corrected chi connectivity index (χ3v) is 7.06. The van der Waals surface area contributed by atoms with Crippen LogP contribution in [0.25, 0.3) is 11.0 Å². The van der Waals surface area contributed by atoms with Crippen LogP contribution in [0.4, 0.5) is 13.2 Å². The lowest BCUT2D eigenvalue weighted by molar-refractivity contribution is -0.153. The van der Waals surface area contributed by atoms with Crippen molar-refractivity contribution in [1.29, 1.82) is 0 Å². The number of fused-ring (bicyclic) bond motifs is 1. The molecule has 0 radical (unpaired) electrons. The molecule has 11 heteroatoms. The smallest absolute Gasteiger partial charge is 0.422 e. The molecule has 2 N–H and O–H groups in total. The molecule has 4 rings (SSSR count). The maximum Gasteiger partial charge on any atom is 0.422 e. The van der Waals surface area contributed by atoms with Crippen molar-refractivity contribution < 1.29 is 32.6 Å². The van der Waals surface area contributed by atoms with E-state index in [-0.39, 0.29) is 23.4 Å². The van der Waals surface area contributed by atoms with Crippen LogP contribution in [-0.2, 0) is 31.1 Å². The Morgan fingerprint density at radius 2 is 1.85 bits per heavy atom. The van der Waals surface area contributed by atoms with Crippen LogP contribution in [0.1, 0.15) is 47.1 Å². The molecule has 1 fully saturated rings. The molecule has 39 heavy (non-hydrogen) atoms. The van der Waals surface area contributed by atoms with E-state index in [9.17, 15) is 22.8 Å². The summed E-state index contributed by atoms with van der Waals surface area (Å²) in [7, 11) is 1.59. The van der Waals surface area contributed by atoms with E-state index in [2.05, 4.69) is 5.32 Å². The number of piperidine rings is 1. The fourth-order valence-corrected chi connectivity index (χ4v) is 5.02. The first kappa shape index (κ1) is 28.4. The van der Waals surface area contributed by atoms with Gasteiger partial charge in [0.25, 0.3) is 5.91 Å². The van der Waals surface area contributed by atoms with Gasteiger partial charge in [-0.15, -0.1) is 0 Å². The standard InChI is InChI=1S/C28H33F3N4O4/c1-3-22-19(10-9-18-7-5-4-6-8-18)15-21-25(39-17-28(29,30)31)24(34(2)26(21)33-22)27(38)32-20-11-13-35(14-12-20)23(37)16-36/h4-8,15,20,36H,3,9-14,16-17H2,1-2H3,(H,32,38). The number of amides is 2. The number of likely N-dealkylation sites (tertiary alicyclic amines) is 1. The van der Waals surface area contributed by atoms with Gasteiger partial charge >= 0.3 is 6.18 Å². The second-order valence-electron chi connectivity index (χ2n) is 9.73. The number of aliphatic hydroxyl groups is 1. The summed E-state index contributed by atoms with van der Waals surface area (Å²) in [4.78, 5) is 31.4. The molecule has 1 aromatic carbocycles. The highest BCUT2D eigenvalue weighted by Crippen LogP contribution is 2.35. The molecule has 3 aromatic rings. The van der Waals surface area contributed by atoms with Crippen LogP contribution in [0, 0.1) is 0 Å². The molecule has 3 heterocycles. The largest absolute Gasteiger partial charge is 0.481 e. The highest BCUT2D eigenvalue weighted by Gasteiger charge is 2.33. The minimum Gasteiger partial charge on any atom is -0.481 e. The number of aryl methyl sites for hydroxylation is 4. The second-order valence-corrected chi connectivity index (χ2v) is 9.73. The zero-order valence-corrected chi connectivity index (χ0v) is 22.1. The zero-order valence-electron chi connectivity index (χ0n) is 22.1. The molecule has 1 aliphatic rings. The van der Waals surface area contributed by atoms with Crippen LogP contribution in [-0.4, -0.2) is 69.9 Å². The summed E-state index contributed by atoms with van der Waals surface area (Å²) in [5.74, 6) is -1.09. The molecule has 0 aliphatic carbocycles. The van der Waals surface area contributed by atoms with Crippen LogP contribution >= 0.6 is 0 Å². The van der Waals surface area contributed by atoms with E-state index in [4.69, 9.17) is 14.8 Å². The van der Waals surface area contributed by atoms with E-state index in [1.807, 2.05) is 37.3 Å². The monoisotopic (exact) mass is 546 g/mol. The Balaban J connectivity index is 1.65. The van der Waals surface area contributed by atoms with Crippen molar-refractivity contribution in [3.63, 3.8) is 0 Å². The van der Waals surface area contributed by atoms with Crippen molar-refractivity contribution in [2.45, 2.75) is 51.2 Å². The lowest BCUT2D eigenvalue weighted by atomic mass is 10.0. The lowest BCUT2D eigenvalue weighted by Gasteiger charge is -2.32.